The molecule has 0 amide bonds. The zero-order chi connectivity index (χ0) is 18.3. The second-order valence-corrected chi connectivity index (χ2v) is 6.56. The Labute approximate surface area is 149 Å². The van der Waals surface area contributed by atoms with Gasteiger partial charge >= 0.3 is 6.18 Å². The average Bonchev–Trinajstić information content (AvgIpc) is 3.06. The predicted molar refractivity (Wildman–Crippen MR) is 92.1 cm³/mol. The van der Waals surface area contributed by atoms with Crippen LogP contribution in [0.25, 0.3) is 6.08 Å². The molecule has 0 spiro atoms. The molecule has 0 fully saturated rings. The van der Waals surface area contributed by atoms with E-state index in [2.05, 4.69) is 4.90 Å². The first kappa shape index (κ1) is 17.0. The highest BCUT2D eigenvalue weighted by atomic mass is 19.4. The quantitative estimate of drug-likeness (QED) is 0.775. The molecule has 26 heavy (non-hydrogen) atoms. The van der Waals surface area contributed by atoms with Crippen LogP contribution in [0, 0.1) is 0 Å². The molecular formula is C20H18F3NO2. The fourth-order valence-electron chi connectivity index (χ4n) is 3.40. The van der Waals surface area contributed by atoms with Crippen LogP contribution in [-0.2, 0) is 12.6 Å². The number of alkyl halides is 3. The zero-order valence-electron chi connectivity index (χ0n) is 14.2. The first-order chi connectivity index (χ1) is 12.4. The van der Waals surface area contributed by atoms with E-state index < -0.39 is 11.7 Å². The van der Waals surface area contributed by atoms with Crippen LogP contribution in [0.2, 0.25) is 0 Å². The number of benzene rings is 2. The minimum atomic E-state index is -4.31. The molecule has 136 valence electrons. The third-order valence-electron chi connectivity index (χ3n) is 4.87. The first-order valence-corrected chi connectivity index (χ1v) is 8.40. The lowest BCUT2D eigenvalue weighted by Gasteiger charge is -2.33. The van der Waals surface area contributed by atoms with E-state index in [1.54, 1.807) is 0 Å². The van der Waals surface area contributed by atoms with Crippen molar-refractivity contribution in [3.63, 3.8) is 0 Å². The van der Waals surface area contributed by atoms with Crippen molar-refractivity contribution >= 4 is 6.08 Å². The molecule has 4 rings (SSSR count). The maximum absolute atomic E-state index is 12.7. The van der Waals surface area contributed by atoms with Gasteiger partial charge in [-0.25, -0.2) is 0 Å². The van der Waals surface area contributed by atoms with E-state index in [-0.39, 0.29) is 12.8 Å². The number of ether oxygens (including phenoxy) is 2. The molecule has 0 saturated carbocycles. The second kappa shape index (κ2) is 6.36. The Kier molecular flexibility index (Phi) is 4.15. The highest BCUT2D eigenvalue weighted by Crippen LogP contribution is 2.40. The molecule has 0 aliphatic carbocycles. The van der Waals surface area contributed by atoms with Gasteiger partial charge in [-0.15, -0.1) is 0 Å². The number of hydrogen-bond acceptors (Lipinski definition) is 3. The molecular weight excluding hydrogens is 343 g/mol. The van der Waals surface area contributed by atoms with Crippen molar-refractivity contribution < 1.29 is 22.6 Å². The summed E-state index contributed by atoms with van der Waals surface area (Å²) >= 11 is 0. The van der Waals surface area contributed by atoms with E-state index in [1.165, 1.54) is 17.7 Å². The second-order valence-electron chi connectivity index (χ2n) is 6.56. The smallest absolute Gasteiger partial charge is 0.416 e. The summed E-state index contributed by atoms with van der Waals surface area (Å²) in [4.78, 5) is 2.21. The molecule has 2 aromatic carbocycles. The van der Waals surface area contributed by atoms with Crippen molar-refractivity contribution in [2.24, 2.45) is 0 Å². The van der Waals surface area contributed by atoms with Gasteiger partial charge in [-0.1, -0.05) is 24.3 Å². The Balaban J connectivity index is 1.61. The van der Waals surface area contributed by atoms with E-state index in [4.69, 9.17) is 9.47 Å². The third-order valence-corrected chi connectivity index (χ3v) is 4.87. The fourth-order valence-corrected chi connectivity index (χ4v) is 3.40. The normalized spacial score (nSPS) is 19.8. The van der Waals surface area contributed by atoms with Crippen molar-refractivity contribution in [1.82, 2.24) is 4.90 Å². The summed E-state index contributed by atoms with van der Waals surface area (Å²) in [7, 11) is 2.04. The predicted octanol–water partition coefficient (Wildman–Crippen LogP) is 4.68. The average molecular weight is 361 g/mol. The van der Waals surface area contributed by atoms with Gasteiger partial charge in [0.25, 0.3) is 0 Å². The number of likely N-dealkylation sites (N-methyl/N-ethyl adjacent to an activating group) is 1. The fraction of sp³-hybridized carbons (Fsp3) is 0.300. The summed E-state index contributed by atoms with van der Waals surface area (Å²) in [6.07, 6.45) is 0.490. The van der Waals surface area contributed by atoms with Crippen LogP contribution >= 0.6 is 0 Å². The molecule has 0 radical (unpaired) electrons. The molecule has 0 bridgehead atoms. The maximum atomic E-state index is 12.7. The van der Waals surface area contributed by atoms with Gasteiger partial charge in [-0.05, 0) is 54.4 Å². The van der Waals surface area contributed by atoms with Crippen molar-refractivity contribution in [2.75, 3.05) is 20.4 Å². The van der Waals surface area contributed by atoms with Gasteiger partial charge in [-0.2, -0.15) is 13.2 Å². The number of hydrogen-bond donors (Lipinski definition) is 0. The summed E-state index contributed by atoms with van der Waals surface area (Å²) in [5.74, 6) is 1.52. The molecule has 0 saturated heterocycles. The highest BCUT2D eigenvalue weighted by Gasteiger charge is 2.30. The van der Waals surface area contributed by atoms with Crippen molar-refractivity contribution in [2.45, 2.75) is 18.6 Å². The van der Waals surface area contributed by atoms with Gasteiger partial charge in [-0.3, -0.25) is 4.90 Å². The zero-order valence-corrected chi connectivity index (χ0v) is 14.2. The van der Waals surface area contributed by atoms with Crippen LogP contribution in [0.1, 0.15) is 28.3 Å². The lowest BCUT2D eigenvalue weighted by molar-refractivity contribution is -0.137. The lowest BCUT2D eigenvalue weighted by Crippen LogP contribution is -2.30. The van der Waals surface area contributed by atoms with Crippen LogP contribution < -0.4 is 9.47 Å². The Bertz CT molecular complexity index is 843. The summed E-state index contributed by atoms with van der Waals surface area (Å²) in [6.45, 7) is 1.13. The molecule has 2 aliphatic rings. The van der Waals surface area contributed by atoms with Gasteiger partial charge in [0.05, 0.1) is 11.6 Å². The Hall–Kier alpha value is -2.47. The summed E-state index contributed by atoms with van der Waals surface area (Å²) < 4.78 is 49.0. The topological polar surface area (TPSA) is 21.7 Å². The molecule has 1 atom stereocenters. The largest absolute Gasteiger partial charge is 0.454 e. The Morgan fingerprint density at radius 1 is 1.08 bits per heavy atom. The van der Waals surface area contributed by atoms with Crippen LogP contribution in [0.5, 0.6) is 11.5 Å². The van der Waals surface area contributed by atoms with Gasteiger partial charge in [0.2, 0.25) is 6.79 Å². The van der Waals surface area contributed by atoms with E-state index in [1.807, 2.05) is 31.3 Å². The highest BCUT2D eigenvalue weighted by molar-refractivity contribution is 5.55. The maximum Gasteiger partial charge on any atom is 0.416 e. The number of rotatable bonds is 2. The van der Waals surface area contributed by atoms with Gasteiger partial charge in [0.1, 0.15) is 0 Å². The van der Waals surface area contributed by atoms with E-state index in [9.17, 15) is 13.2 Å². The van der Waals surface area contributed by atoms with Crippen LogP contribution in [-0.4, -0.2) is 25.3 Å². The van der Waals surface area contributed by atoms with Crippen molar-refractivity contribution in [3.05, 3.63) is 64.7 Å². The first-order valence-electron chi connectivity index (χ1n) is 8.40. The lowest BCUT2D eigenvalue weighted by atomic mass is 9.91. The third kappa shape index (κ3) is 3.17. The minimum Gasteiger partial charge on any atom is -0.454 e. The standard InChI is InChI=1S/C20H18F3NO2/c1-24-9-8-14-10-18-19(26-12-25-18)11-16(14)17(24)7-4-13-2-5-15(6-3-13)20(21,22)23/h2-7,10-11,17H,8-9,12H2,1H3. The number of nitrogens with zero attached hydrogens (tertiary/aromatic N) is 1. The number of fused-ring (bicyclic) bond motifs is 2. The molecule has 3 nitrogen and oxygen atoms in total. The molecule has 2 aromatic rings. The molecule has 6 heteroatoms. The molecule has 2 aliphatic heterocycles. The van der Waals surface area contributed by atoms with E-state index in [0.717, 1.165) is 47.7 Å². The van der Waals surface area contributed by atoms with Gasteiger partial charge in [0, 0.05) is 6.54 Å². The van der Waals surface area contributed by atoms with Crippen LogP contribution in [0.3, 0.4) is 0 Å². The Morgan fingerprint density at radius 3 is 2.46 bits per heavy atom. The summed E-state index contributed by atoms with van der Waals surface area (Å²) in [5.41, 5.74) is 2.46. The molecule has 2 heterocycles. The van der Waals surface area contributed by atoms with Crippen molar-refractivity contribution in [1.29, 1.82) is 0 Å². The monoisotopic (exact) mass is 361 g/mol. The van der Waals surface area contributed by atoms with E-state index >= 15 is 0 Å². The molecule has 1 unspecified atom stereocenters. The summed E-state index contributed by atoms with van der Waals surface area (Å²) in [5, 5.41) is 0. The van der Waals surface area contributed by atoms with Crippen LogP contribution in [0.15, 0.2) is 42.5 Å². The minimum absolute atomic E-state index is 0.0375. The van der Waals surface area contributed by atoms with Gasteiger partial charge < -0.3 is 9.47 Å². The van der Waals surface area contributed by atoms with Gasteiger partial charge in [0.15, 0.2) is 11.5 Å². The van der Waals surface area contributed by atoms with Crippen LogP contribution in [0.4, 0.5) is 13.2 Å². The van der Waals surface area contributed by atoms with Crippen molar-refractivity contribution in [3.8, 4) is 11.5 Å². The summed E-state index contributed by atoms with van der Waals surface area (Å²) in [6, 6.07) is 9.27. The number of halogens is 3. The molecule has 0 aromatic heterocycles. The van der Waals surface area contributed by atoms with E-state index in [0.29, 0.717) is 0 Å². The molecule has 0 N–H and O–H groups in total. The SMILES string of the molecule is CN1CCc2cc3c(cc2C1C=Cc1ccc(C(F)(F)F)cc1)OCO3. The Morgan fingerprint density at radius 2 is 1.77 bits per heavy atom.